The molecule has 0 bridgehead atoms. The summed E-state index contributed by atoms with van der Waals surface area (Å²) in [4.78, 5) is 12.4. The Labute approximate surface area is 144 Å². The molecule has 2 N–H and O–H groups in total. The molecule has 3 heteroatoms. The molecule has 0 aliphatic heterocycles. The van der Waals surface area contributed by atoms with Gasteiger partial charge in [0.1, 0.15) is 0 Å². The fourth-order valence-electron chi connectivity index (χ4n) is 3.49. The second-order valence-corrected chi connectivity index (χ2v) is 7.05. The standard InChI is InChI=1S/C21H26N2O/c1-16(2)18-11-6-7-12-19(18)23-20(24)22-15-21(13-8-14-21)17-9-4-3-5-10-17/h3-7,9-12,16H,8,13-15H2,1-2H3,(H2,22,23,24). The summed E-state index contributed by atoms with van der Waals surface area (Å²) in [5.41, 5.74) is 3.50. The molecule has 2 amide bonds. The zero-order valence-corrected chi connectivity index (χ0v) is 14.5. The van der Waals surface area contributed by atoms with Crippen molar-refractivity contribution in [3.63, 3.8) is 0 Å². The van der Waals surface area contributed by atoms with Crippen molar-refractivity contribution in [3.8, 4) is 0 Å². The van der Waals surface area contributed by atoms with Crippen molar-refractivity contribution < 1.29 is 4.79 Å². The largest absolute Gasteiger partial charge is 0.337 e. The van der Waals surface area contributed by atoms with Gasteiger partial charge in [-0.1, -0.05) is 68.8 Å². The Morgan fingerprint density at radius 1 is 1.04 bits per heavy atom. The maximum Gasteiger partial charge on any atom is 0.319 e. The van der Waals surface area contributed by atoms with Crippen LogP contribution in [-0.2, 0) is 5.41 Å². The van der Waals surface area contributed by atoms with E-state index in [1.807, 2.05) is 24.3 Å². The first kappa shape index (κ1) is 16.6. The SMILES string of the molecule is CC(C)c1ccccc1NC(=O)NCC1(c2ccccc2)CCC1. The van der Waals surface area contributed by atoms with Gasteiger partial charge in [0, 0.05) is 17.6 Å². The van der Waals surface area contributed by atoms with Crippen molar-refractivity contribution in [1.82, 2.24) is 5.32 Å². The van der Waals surface area contributed by atoms with E-state index in [1.165, 1.54) is 12.0 Å². The maximum absolute atomic E-state index is 12.4. The number of urea groups is 1. The van der Waals surface area contributed by atoms with Gasteiger partial charge in [-0.25, -0.2) is 4.79 Å². The molecule has 2 aromatic carbocycles. The molecule has 1 fully saturated rings. The third kappa shape index (κ3) is 3.45. The third-order valence-electron chi connectivity index (χ3n) is 5.12. The smallest absolute Gasteiger partial charge is 0.319 e. The van der Waals surface area contributed by atoms with Crippen molar-refractivity contribution in [2.24, 2.45) is 0 Å². The highest BCUT2D eigenvalue weighted by Crippen LogP contribution is 2.43. The third-order valence-corrected chi connectivity index (χ3v) is 5.12. The van der Waals surface area contributed by atoms with E-state index in [9.17, 15) is 4.79 Å². The quantitative estimate of drug-likeness (QED) is 0.794. The molecule has 24 heavy (non-hydrogen) atoms. The van der Waals surface area contributed by atoms with Gasteiger partial charge in [0.05, 0.1) is 0 Å². The summed E-state index contributed by atoms with van der Waals surface area (Å²) in [6, 6.07) is 18.4. The number of rotatable bonds is 5. The zero-order valence-electron chi connectivity index (χ0n) is 14.5. The summed E-state index contributed by atoms with van der Waals surface area (Å²) >= 11 is 0. The second kappa shape index (κ2) is 7.08. The molecule has 1 aliphatic carbocycles. The molecule has 126 valence electrons. The van der Waals surface area contributed by atoms with Crippen LogP contribution in [0.1, 0.15) is 50.2 Å². The molecule has 0 spiro atoms. The highest BCUT2D eigenvalue weighted by atomic mass is 16.2. The van der Waals surface area contributed by atoms with E-state index in [4.69, 9.17) is 0 Å². The molecule has 0 atom stereocenters. The first-order valence-corrected chi connectivity index (χ1v) is 8.80. The highest BCUT2D eigenvalue weighted by molar-refractivity contribution is 5.90. The van der Waals surface area contributed by atoms with Gasteiger partial charge in [0.25, 0.3) is 0 Å². The second-order valence-electron chi connectivity index (χ2n) is 7.05. The summed E-state index contributed by atoms with van der Waals surface area (Å²) in [5.74, 6) is 0.379. The molecule has 1 saturated carbocycles. The number of hydrogen-bond acceptors (Lipinski definition) is 1. The molecule has 3 rings (SSSR count). The van der Waals surface area contributed by atoms with E-state index in [0.717, 1.165) is 24.1 Å². The molecule has 0 saturated heterocycles. The number of amides is 2. The minimum atomic E-state index is -0.120. The van der Waals surface area contributed by atoms with Gasteiger partial charge < -0.3 is 10.6 Å². The average Bonchev–Trinajstić information content (AvgIpc) is 2.55. The predicted molar refractivity (Wildman–Crippen MR) is 99.5 cm³/mol. The van der Waals surface area contributed by atoms with Crippen LogP contribution in [0.25, 0.3) is 0 Å². The molecule has 1 aliphatic rings. The fourth-order valence-corrected chi connectivity index (χ4v) is 3.49. The lowest BCUT2D eigenvalue weighted by Crippen LogP contribution is -2.46. The molecular weight excluding hydrogens is 296 g/mol. The predicted octanol–water partition coefficient (Wildman–Crippen LogP) is 5.05. The minimum Gasteiger partial charge on any atom is -0.337 e. The Morgan fingerprint density at radius 3 is 2.33 bits per heavy atom. The van der Waals surface area contributed by atoms with E-state index in [-0.39, 0.29) is 11.4 Å². The number of anilines is 1. The van der Waals surface area contributed by atoms with E-state index < -0.39 is 0 Å². The first-order chi connectivity index (χ1) is 11.6. The van der Waals surface area contributed by atoms with Gasteiger partial charge in [-0.2, -0.15) is 0 Å². The van der Waals surface area contributed by atoms with Crippen LogP contribution in [0.5, 0.6) is 0 Å². The lowest BCUT2D eigenvalue weighted by molar-refractivity contribution is 0.222. The van der Waals surface area contributed by atoms with Gasteiger partial charge >= 0.3 is 6.03 Å². The molecule has 0 unspecified atom stereocenters. The van der Waals surface area contributed by atoms with Crippen molar-refractivity contribution in [3.05, 3.63) is 65.7 Å². The molecule has 0 aromatic heterocycles. The Morgan fingerprint density at radius 2 is 1.71 bits per heavy atom. The first-order valence-electron chi connectivity index (χ1n) is 8.80. The van der Waals surface area contributed by atoms with Crippen LogP contribution in [0.2, 0.25) is 0 Å². The molecular formula is C21H26N2O. The molecule has 2 aromatic rings. The summed E-state index contributed by atoms with van der Waals surface area (Å²) in [7, 11) is 0. The Balaban J connectivity index is 1.64. The summed E-state index contributed by atoms with van der Waals surface area (Å²) in [6.45, 7) is 4.96. The summed E-state index contributed by atoms with van der Waals surface area (Å²) < 4.78 is 0. The van der Waals surface area contributed by atoms with E-state index in [0.29, 0.717) is 12.5 Å². The topological polar surface area (TPSA) is 41.1 Å². The van der Waals surface area contributed by atoms with Crippen molar-refractivity contribution in [2.75, 3.05) is 11.9 Å². The average molecular weight is 322 g/mol. The minimum absolute atomic E-state index is 0.107. The van der Waals surface area contributed by atoms with Crippen LogP contribution in [0.3, 0.4) is 0 Å². The summed E-state index contributed by atoms with van der Waals surface area (Å²) in [6.07, 6.45) is 3.51. The van der Waals surface area contributed by atoms with Gasteiger partial charge in [0.15, 0.2) is 0 Å². The number of benzene rings is 2. The lowest BCUT2D eigenvalue weighted by Gasteiger charge is -2.42. The van der Waals surface area contributed by atoms with Gasteiger partial charge in [-0.3, -0.25) is 0 Å². The van der Waals surface area contributed by atoms with E-state index >= 15 is 0 Å². The van der Waals surface area contributed by atoms with Crippen LogP contribution in [-0.4, -0.2) is 12.6 Å². The van der Waals surface area contributed by atoms with Gasteiger partial charge in [-0.15, -0.1) is 0 Å². The van der Waals surface area contributed by atoms with Crippen molar-refractivity contribution in [1.29, 1.82) is 0 Å². The van der Waals surface area contributed by atoms with Crippen LogP contribution in [0.4, 0.5) is 10.5 Å². The van der Waals surface area contributed by atoms with E-state index in [2.05, 4.69) is 54.8 Å². The van der Waals surface area contributed by atoms with Crippen LogP contribution < -0.4 is 10.6 Å². The molecule has 0 radical (unpaired) electrons. The Bertz CT molecular complexity index is 690. The molecule has 3 nitrogen and oxygen atoms in total. The number of nitrogens with one attached hydrogen (secondary N) is 2. The zero-order chi connectivity index (χ0) is 17.0. The van der Waals surface area contributed by atoms with Crippen molar-refractivity contribution in [2.45, 2.75) is 44.4 Å². The maximum atomic E-state index is 12.4. The van der Waals surface area contributed by atoms with Crippen LogP contribution in [0, 0.1) is 0 Å². The Hall–Kier alpha value is -2.29. The highest BCUT2D eigenvalue weighted by Gasteiger charge is 2.38. The monoisotopic (exact) mass is 322 g/mol. The molecule has 0 heterocycles. The van der Waals surface area contributed by atoms with Crippen LogP contribution >= 0.6 is 0 Å². The van der Waals surface area contributed by atoms with Crippen molar-refractivity contribution >= 4 is 11.7 Å². The lowest BCUT2D eigenvalue weighted by atomic mass is 9.64. The number of para-hydroxylation sites is 1. The van der Waals surface area contributed by atoms with E-state index in [1.54, 1.807) is 0 Å². The summed E-state index contributed by atoms with van der Waals surface area (Å²) in [5, 5.41) is 6.10. The van der Waals surface area contributed by atoms with Gasteiger partial charge in [0.2, 0.25) is 0 Å². The Kier molecular flexibility index (Phi) is 4.89. The number of hydrogen-bond donors (Lipinski definition) is 2. The van der Waals surface area contributed by atoms with Crippen LogP contribution in [0.15, 0.2) is 54.6 Å². The normalized spacial score (nSPS) is 15.6. The fraction of sp³-hybridized carbons (Fsp3) is 0.381. The number of carbonyl (C=O) groups is 1. The number of carbonyl (C=O) groups excluding carboxylic acids is 1. The van der Waals surface area contributed by atoms with Gasteiger partial charge in [-0.05, 0) is 36.0 Å².